The first-order chi connectivity index (χ1) is 15.6. The van der Waals surface area contributed by atoms with Crippen molar-refractivity contribution >= 4 is 37.1 Å². The minimum absolute atomic E-state index is 0.268. The number of aromatic nitrogens is 1. The number of benzene rings is 2. The highest BCUT2D eigenvalue weighted by Crippen LogP contribution is 2.41. The van der Waals surface area contributed by atoms with Gasteiger partial charge in [-0.3, -0.25) is 4.79 Å². The molecule has 0 saturated heterocycles. The number of aryl methyl sites for hydroxylation is 1. The molecule has 3 rings (SSSR count). The van der Waals surface area contributed by atoms with Gasteiger partial charge in [0.25, 0.3) is 5.34 Å². The Balaban J connectivity index is 1.85. The summed E-state index contributed by atoms with van der Waals surface area (Å²) in [6.07, 6.45) is 1.16. The van der Waals surface area contributed by atoms with Crippen molar-refractivity contribution in [2.24, 2.45) is 5.92 Å². The second-order valence-corrected chi connectivity index (χ2v) is 9.43. The molecule has 0 aliphatic rings. The van der Waals surface area contributed by atoms with Crippen molar-refractivity contribution in [1.82, 2.24) is 4.98 Å². The molecule has 1 aromatic heterocycles. The molecular formula is C25H29NO4PS+. The number of carbonyl (C=O) groups is 1. The van der Waals surface area contributed by atoms with Crippen molar-refractivity contribution in [3.63, 3.8) is 0 Å². The smallest absolute Gasteiger partial charge is 0.361 e. The van der Waals surface area contributed by atoms with Crippen LogP contribution in [0.15, 0.2) is 71.8 Å². The first-order valence-corrected chi connectivity index (χ1v) is 12.7. The molecule has 0 aliphatic carbocycles. The highest BCUT2D eigenvalue weighted by atomic mass is 32.2. The first-order valence-electron chi connectivity index (χ1n) is 10.8. The Bertz CT molecular complexity index is 1030. The quantitative estimate of drug-likeness (QED) is 0.187. The van der Waals surface area contributed by atoms with Gasteiger partial charge in [0.15, 0.2) is 0 Å². The van der Waals surface area contributed by atoms with E-state index in [1.165, 1.54) is 11.8 Å². The maximum Gasteiger partial charge on any atom is 0.361 e. The normalized spacial score (nSPS) is 14.2. The highest BCUT2D eigenvalue weighted by Gasteiger charge is 2.52. The van der Waals surface area contributed by atoms with Gasteiger partial charge in [0, 0.05) is 12.0 Å². The van der Waals surface area contributed by atoms with Crippen LogP contribution in [0.25, 0.3) is 10.9 Å². The lowest BCUT2D eigenvalue weighted by Crippen LogP contribution is -2.43. The van der Waals surface area contributed by atoms with Crippen LogP contribution in [0, 0.1) is 5.92 Å². The number of nitrogens with zero attached hydrogens (tertiary/aromatic N) is 1. The van der Waals surface area contributed by atoms with Gasteiger partial charge in [-0.25, -0.2) is 4.98 Å². The molecule has 5 nitrogen and oxygen atoms in total. The predicted octanol–water partition coefficient (Wildman–Crippen LogP) is 5.90. The molecule has 3 atom stereocenters. The zero-order valence-electron chi connectivity index (χ0n) is 18.5. The van der Waals surface area contributed by atoms with Crippen LogP contribution in [0.4, 0.5) is 0 Å². The minimum Gasteiger partial charge on any atom is -0.466 e. The van der Waals surface area contributed by atoms with Crippen molar-refractivity contribution in [1.29, 1.82) is 0 Å². The van der Waals surface area contributed by atoms with Crippen LogP contribution in [0.1, 0.15) is 25.8 Å². The van der Waals surface area contributed by atoms with Crippen LogP contribution in [0.5, 0.6) is 0 Å². The average molecular weight is 471 g/mol. The Morgan fingerprint density at radius 3 is 2.50 bits per heavy atom. The van der Waals surface area contributed by atoms with Crippen LogP contribution in [0.3, 0.4) is 0 Å². The molecule has 7 heteroatoms. The maximum absolute atomic E-state index is 13.0. The summed E-state index contributed by atoms with van der Waals surface area (Å²) in [5, 5.41) is 0.718. The molecule has 32 heavy (non-hydrogen) atoms. The number of para-hydroxylation sites is 1. The van der Waals surface area contributed by atoms with E-state index in [-0.39, 0.29) is 12.6 Å². The number of hydrogen-bond donors (Lipinski definition) is 0. The summed E-state index contributed by atoms with van der Waals surface area (Å²) < 4.78 is 24.0. The lowest BCUT2D eigenvalue weighted by atomic mass is 9.94. The van der Waals surface area contributed by atoms with Gasteiger partial charge in [0.1, 0.15) is 5.92 Å². The van der Waals surface area contributed by atoms with Crippen LogP contribution >= 0.6 is 20.2 Å². The molecule has 3 aromatic rings. The monoisotopic (exact) mass is 470 g/mol. The standard InChI is InChI=1S/C25H28NO4PS/c1-3-29-24(27)21(16-14-19-10-6-5-7-11-19)25(31-28,30-4-2)18-32-23-17-15-20-12-8-9-13-22(20)26-23/h5-13,15,17,21H,3-4,14,16,18H2,1-2H3/p+1. The molecule has 0 bridgehead atoms. The highest BCUT2D eigenvalue weighted by molar-refractivity contribution is 7.99. The summed E-state index contributed by atoms with van der Waals surface area (Å²) in [6, 6.07) is 21.8. The summed E-state index contributed by atoms with van der Waals surface area (Å²) in [5.74, 6) is -0.675. The second-order valence-electron chi connectivity index (χ2n) is 7.38. The number of fused-ring (bicyclic) bond motifs is 1. The van der Waals surface area contributed by atoms with Gasteiger partial charge in [-0.1, -0.05) is 70.9 Å². The van der Waals surface area contributed by atoms with Gasteiger partial charge in [-0.15, -0.1) is 0 Å². The Hall–Kier alpha value is -2.27. The van der Waals surface area contributed by atoms with E-state index >= 15 is 0 Å². The molecule has 0 saturated carbocycles. The van der Waals surface area contributed by atoms with E-state index in [0.29, 0.717) is 25.2 Å². The molecule has 0 radical (unpaired) electrons. The fourth-order valence-corrected chi connectivity index (χ4v) is 5.71. The number of thioether (sulfide) groups is 1. The van der Waals surface area contributed by atoms with Gasteiger partial charge in [0.05, 0.1) is 22.9 Å². The van der Waals surface area contributed by atoms with Gasteiger partial charge in [-0.05, 0) is 44.4 Å². The zero-order valence-corrected chi connectivity index (χ0v) is 20.3. The number of carbonyl (C=O) groups excluding carboxylic acids is 1. The lowest BCUT2D eigenvalue weighted by Gasteiger charge is -2.28. The number of esters is 1. The fourth-order valence-electron chi connectivity index (χ4n) is 3.68. The number of pyridine rings is 1. The molecule has 3 unspecified atom stereocenters. The van der Waals surface area contributed by atoms with Crippen molar-refractivity contribution in [3.05, 3.63) is 72.3 Å². The number of hydrogen-bond acceptors (Lipinski definition) is 6. The molecule has 0 aliphatic heterocycles. The summed E-state index contributed by atoms with van der Waals surface area (Å²) in [6.45, 7) is 4.25. The third-order valence-corrected chi connectivity index (χ3v) is 7.65. The first kappa shape index (κ1) is 24.4. The van der Waals surface area contributed by atoms with Crippen LogP contribution in [-0.2, 0) is 25.3 Å². The van der Waals surface area contributed by atoms with Gasteiger partial charge in [-0.2, -0.15) is 0 Å². The van der Waals surface area contributed by atoms with E-state index in [1.54, 1.807) is 6.92 Å². The molecule has 168 valence electrons. The fraction of sp³-hybridized carbons (Fsp3) is 0.360. The van der Waals surface area contributed by atoms with E-state index in [4.69, 9.17) is 14.5 Å². The molecule has 0 amide bonds. The molecule has 0 N–H and O–H groups in total. The Morgan fingerprint density at radius 1 is 1.03 bits per heavy atom. The van der Waals surface area contributed by atoms with E-state index in [9.17, 15) is 9.36 Å². The van der Waals surface area contributed by atoms with E-state index in [0.717, 1.165) is 21.5 Å². The maximum atomic E-state index is 13.0. The van der Waals surface area contributed by atoms with E-state index < -0.39 is 19.7 Å². The Morgan fingerprint density at radius 2 is 1.78 bits per heavy atom. The van der Waals surface area contributed by atoms with Crippen LogP contribution < -0.4 is 0 Å². The van der Waals surface area contributed by atoms with Gasteiger partial charge in [0.2, 0.25) is 0 Å². The summed E-state index contributed by atoms with van der Waals surface area (Å²) in [5.41, 5.74) is 2.01. The third-order valence-electron chi connectivity index (χ3n) is 5.28. The predicted molar refractivity (Wildman–Crippen MR) is 131 cm³/mol. The number of rotatable bonds is 12. The number of ether oxygens (including phenoxy) is 2. The van der Waals surface area contributed by atoms with Crippen molar-refractivity contribution < 1.29 is 18.8 Å². The van der Waals surface area contributed by atoms with Crippen molar-refractivity contribution in [2.75, 3.05) is 19.0 Å². The van der Waals surface area contributed by atoms with Gasteiger partial charge >= 0.3 is 14.4 Å². The van der Waals surface area contributed by atoms with E-state index in [2.05, 4.69) is 0 Å². The lowest BCUT2D eigenvalue weighted by molar-refractivity contribution is -0.155. The van der Waals surface area contributed by atoms with Crippen molar-refractivity contribution in [2.45, 2.75) is 37.1 Å². The SMILES string of the molecule is CCOC(=O)C(CCc1ccccc1)C(CSc1ccc2ccccc2n1)(OCC)[PH+]=O. The third kappa shape index (κ3) is 6.16. The summed E-state index contributed by atoms with van der Waals surface area (Å²) in [7, 11) is -0.818. The molecule has 2 aromatic carbocycles. The minimum atomic E-state index is -1.15. The Labute approximate surface area is 195 Å². The average Bonchev–Trinajstić information content (AvgIpc) is 2.83. The molecule has 0 fully saturated rings. The van der Waals surface area contributed by atoms with Crippen molar-refractivity contribution in [3.8, 4) is 0 Å². The molecule has 0 spiro atoms. The molecule has 1 heterocycles. The zero-order chi connectivity index (χ0) is 22.8. The summed E-state index contributed by atoms with van der Waals surface area (Å²) in [4.78, 5) is 17.7. The summed E-state index contributed by atoms with van der Waals surface area (Å²) >= 11 is 1.46. The van der Waals surface area contributed by atoms with Gasteiger partial charge < -0.3 is 9.47 Å². The van der Waals surface area contributed by atoms with E-state index in [1.807, 2.05) is 73.7 Å². The molecular weight excluding hydrogens is 441 g/mol. The largest absolute Gasteiger partial charge is 0.466 e. The van der Waals surface area contributed by atoms with Crippen LogP contribution in [-0.4, -0.2) is 35.3 Å². The topological polar surface area (TPSA) is 65.5 Å². The second kappa shape index (κ2) is 12.1. The van der Waals surface area contributed by atoms with Crippen LogP contribution in [0.2, 0.25) is 0 Å². The Kier molecular flexibility index (Phi) is 9.22.